The normalized spacial score (nSPS) is 11.2. The zero-order chi connectivity index (χ0) is 14.8. The number of nitrogens with zero attached hydrogens (tertiary/aromatic N) is 1. The largest absolute Gasteiger partial charge is 0.417 e. The van der Waals surface area contributed by atoms with Gasteiger partial charge in [0.15, 0.2) is 0 Å². The van der Waals surface area contributed by atoms with Gasteiger partial charge in [0.1, 0.15) is 0 Å². The van der Waals surface area contributed by atoms with Crippen LogP contribution < -0.4 is 5.32 Å². The van der Waals surface area contributed by atoms with Crippen LogP contribution in [0.1, 0.15) is 15.9 Å². The Morgan fingerprint density at radius 3 is 2.60 bits per heavy atom. The maximum atomic E-state index is 12.7. The van der Waals surface area contributed by atoms with Crippen molar-refractivity contribution in [2.45, 2.75) is 6.18 Å². The van der Waals surface area contributed by atoms with Crippen molar-refractivity contribution in [1.29, 1.82) is 0 Å². The molecule has 0 spiro atoms. The molecule has 1 aromatic heterocycles. The zero-order valence-electron chi connectivity index (χ0n) is 9.91. The molecule has 0 unspecified atom stereocenters. The number of nitrogens with one attached hydrogen (secondary N) is 1. The van der Waals surface area contributed by atoms with Crippen molar-refractivity contribution in [1.82, 2.24) is 4.98 Å². The topological polar surface area (TPSA) is 42.0 Å². The summed E-state index contributed by atoms with van der Waals surface area (Å²) < 4.78 is 38.1. The molecule has 0 aliphatic carbocycles. The lowest BCUT2D eigenvalue weighted by molar-refractivity contribution is -0.138. The van der Waals surface area contributed by atoms with Gasteiger partial charge in [-0.15, -0.1) is 0 Å². The maximum absolute atomic E-state index is 12.7. The number of hydrogen-bond donors (Lipinski definition) is 1. The Kier molecular flexibility index (Phi) is 4.08. The van der Waals surface area contributed by atoms with Crippen LogP contribution in [-0.2, 0) is 6.18 Å². The number of aromatic nitrogens is 1. The van der Waals surface area contributed by atoms with Gasteiger partial charge in [-0.25, -0.2) is 0 Å². The average Bonchev–Trinajstić information content (AvgIpc) is 2.39. The Balaban J connectivity index is 2.27. The minimum atomic E-state index is -4.52. The summed E-state index contributed by atoms with van der Waals surface area (Å²) in [6.45, 7) is 0. The number of carbonyl (C=O) groups is 1. The highest BCUT2D eigenvalue weighted by Gasteiger charge is 2.33. The molecule has 0 aliphatic rings. The molecule has 104 valence electrons. The lowest BCUT2D eigenvalue weighted by Gasteiger charge is -2.11. The van der Waals surface area contributed by atoms with E-state index in [1.807, 2.05) is 0 Å². The SMILES string of the molecule is O=C(Nc1cccnc1)c1ccc(Br)c(C(F)(F)F)c1. The number of rotatable bonds is 2. The van der Waals surface area contributed by atoms with Crippen LogP contribution in [0.25, 0.3) is 0 Å². The van der Waals surface area contributed by atoms with Crippen molar-refractivity contribution in [3.05, 3.63) is 58.3 Å². The molecule has 0 bridgehead atoms. The van der Waals surface area contributed by atoms with Gasteiger partial charge in [0, 0.05) is 16.2 Å². The quantitative estimate of drug-likeness (QED) is 0.890. The number of anilines is 1. The van der Waals surface area contributed by atoms with Crippen LogP contribution in [0.5, 0.6) is 0 Å². The summed E-state index contributed by atoms with van der Waals surface area (Å²) >= 11 is 2.82. The van der Waals surface area contributed by atoms with E-state index in [9.17, 15) is 18.0 Å². The summed E-state index contributed by atoms with van der Waals surface area (Å²) in [4.78, 5) is 15.7. The molecule has 0 fully saturated rings. The number of carbonyl (C=O) groups excluding carboxylic acids is 1. The second-order valence-electron chi connectivity index (χ2n) is 3.89. The molecule has 2 rings (SSSR count). The molecule has 0 saturated carbocycles. The first kappa shape index (κ1) is 14.5. The summed E-state index contributed by atoms with van der Waals surface area (Å²) in [6, 6.07) is 6.51. The lowest BCUT2D eigenvalue weighted by atomic mass is 10.1. The fourth-order valence-corrected chi connectivity index (χ4v) is 2.00. The molecule has 1 amide bonds. The fraction of sp³-hybridized carbons (Fsp3) is 0.0769. The second-order valence-corrected chi connectivity index (χ2v) is 4.74. The molecule has 7 heteroatoms. The predicted octanol–water partition coefficient (Wildman–Crippen LogP) is 4.12. The molecule has 3 nitrogen and oxygen atoms in total. The van der Waals surface area contributed by atoms with E-state index in [1.54, 1.807) is 12.1 Å². The van der Waals surface area contributed by atoms with Gasteiger partial charge in [0.25, 0.3) is 5.91 Å². The Bertz CT molecular complexity index is 629. The molecular formula is C13H8BrF3N2O. The number of alkyl halides is 3. The third kappa shape index (κ3) is 3.36. The van der Waals surface area contributed by atoms with Crippen LogP contribution in [-0.4, -0.2) is 10.9 Å². The predicted molar refractivity (Wildman–Crippen MR) is 71.3 cm³/mol. The van der Waals surface area contributed by atoms with Crippen LogP contribution in [0, 0.1) is 0 Å². The van der Waals surface area contributed by atoms with Crippen LogP contribution >= 0.6 is 15.9 Å². The summed E-state index contributed by atoms with van der Waals surface area (Å²) in [6.07, 6.45) is -1.60. The molecule has 0 saturated heterocycles. The van der Waals surface area contributed by atoms with E-state index in [4.69, 9.17) is 0 Å². The number of amides is 1. The monoisotopic (exact) mass is 344 g/mol. The van der Waals surface area contributed by atoms with Crippen molar-refractivity contribution in [3.63, 3.8) is 0 Å². The van der Waals surface area contributed by atoms with Crippen LogP contribution in [0.15, 0.2) is 47.2 Å². The summed E-state index contributed by atoms with van der Waals surface area (Å²) in [5.41, 5.74) is -0.560. The van der Waals surface area contributed by atoms with Gasteiger partial charge in [-0.1, -0.05) is 15.9 Å². The Hall–Kier alpha value is -1.89. The first-order chi connectivity index (χ1) is 9.38. The number of halogens is 4. The Morgan fingerprint density at radius 2 is 2.00 bits per heavy atom. The molecule has 0 aliphatic heterocycles. The third-order valence-corrected chi connectivity index (χ3v) is 3.14. The molecular weight excluding hydrogens is 337 g/mol. The van der Waals surface area contributed by atoms with Crippen LogP contribution in [0.4, 0.5) is 18.9 Å². The van der Waals surface area contributed by atoms with Gasteiger partial charge < -0.3 is 5.32 Å². The maximum Gasteiger partial charge on any atom is 0.417 e. The van der Waals surface area contributed by atoms with Gasteiger partial charge in [0.2, 0.25) is 0 Å². The Labute approximate surface area is 121 Å². The van der Waals surface area contributed by atoms with Crippen LogP contribution in [0.3, 0.4) is 0 Å². The minimum absolute atomic E-state index is 0.0793. The van der Waals surface area contributed by atoms with Crippen molar-refractivity contribution in [2.24, 2.45) is 0 Å². The van der Waals surface area contributed by atoms with Gasteiger partial charge >= 0.3 is 6.18 Å². The number of pyridine rings is 1. The van der Waals surface area contributed by atoms with E-state index in [0.29, 0.717) is 5.69 Å². The van der Waals surface area contributed by atoms with Crippen molar-refractivity contribution < 1.29 is 18.0 Å². The van der Waals surface area contributed by atoms with Gasteiger partial charge in [-0.3, -0.25) is 9.78 Å². The lowest BCUT2D eigenvalue weighted by Crippen LogP contribution is -2.14. The molecule has 0 atom stereocenters. The van der Waals surface area contributed by atoms with E-state index >= 15 is 0 Å². The highest BCUT2D eigenvalue weighted by molar-refractivity contribution is 9.10. The van der Waals surface area contributed by atoms with Crippen LogP contribution in [0.2, 0.25) is 0 Å². The van der Waals surface area contributed by atoms with Gasteiger partial charge in [0.05, 0.1) is 17.4 Å². The number of benzene rings is 1. The third-order valence-electron chi connectivity index (χ3n) is 2.45. The summed E-state index contributed by atoms with van der Waals surface area (Å²) in [5, 5.41) is 2.47. The van der Waals surface area contributed by atoms with E-state index < -0.39 is 17.6 Å². The Morgan fingerprint density at radius 1 is 1.25 bits per heavy atom. The van der Waals surface area contributed by atoms with Gasteiger partial charge in [-0.05, 0) is 30.3 Å². The van der Waals surface area contributed by atoms with E-state index in [-0.39, 0.29) is 10.0 Å². The van der Waals surface area contributed by atoms with Gasteiger partial charge in [-0.2, -0.15) is 13.2 Å². The zero-order valence-corrected chi connectivity index (χ0v) is 11.5. The van der Waals surface area contributed by atoms with E-state index in [0.717, 1.165) is 6.07 Å². The van der Waals surface area contributed by atoms with E-state index in [1.165, 1.54) is 24.5 Å². The second kappa shape index (κ2) is 5.62. The first-order valence-corrected chi connectivity index (χ1v) is 6.25. The minimum Gasteiger partial charge on any atom is -0.321 e. The number of hydrogen-bond acceptors (Lipinski definition) is 2. The standard InChI is InChI=1S/C13H8BrF3N2O/c14-11-4-3-8(6-10(11)13(15,16)17)12(20)19-9-2-1-5-18-7-9/h1-7H,(H,19,20). The van der Waals surface area contributed by atoms with Crippen molar-refractivity contribution in [2.75, 3.05) is 5.32 Å². The molecule has 1 aromatic carbocycles. The fourth-order valence-electron chi connectivity index (χ4n) is 1.52. The molecule has 20 heavy (non-hydrogen) atoms. The summed E-state index contributed by atoms with van der Waals surface area (Å²) in [5.74, 6) is -0.629. The highest BCUT2D eigenvalue weighted by Crippen LogP contribution is 2.35. The summed E-state index contributed by atoms with van der Waals surface area (Å²) in [7, 11) is 0. The molecule has 0 radical (unpaired) electrons. The smallest absolute Gasteiger partial charge is 0.321 e. The molecule has 1 heterocycles. The van der Waals surface area contributed by atoms with E-state index in [2.05, 4.69) is 26.2 Å². The van der Waals surface area contributed by atoms with Crippen molar-refractivity contribution in [3.8, 4) is 0 Å². The first-order valence-electron chi connectivity index (χ1n) is 5.46. The highest BCUT2D eigenvalue weighted by atomic mass is 79.9. The molecule has 1 N–H and O–H groups in total. The average molecular weight is 345 g/mol. The molecule has 2 aromatic rings. The van der Waals surface area contributed by atoms with Crippen molar-refractivity contribution >= 4 is 27.5 Å².